The Morgan fingerprint density at radius 2 is 0.811 bits per heavy atom. The minimum absolute atomic E-state index is 0. The second-order valence-electron chi connectivity index (χ2n) is 15.5. The molecule has 0 bridgehead atoms. The van der Waals surface area contributed by atoms with Crippen molar-refractivity contribution in [3.8, 4) is 0 Å². The van der Waals surface area contributed by atoms with Crippen molar-refractivity contribution in [2.24, 2.45) is 0 Å². The lowest BCUT2D eigenvalue weighted by Gasteiger charge is -2.18. The number of ketones is 1. The molecule has 8 nitrogen and oxygen atoms in total. The van der Waals surface area contributed by atoms with Crippen LogP contribution in [-0.2, 0) is 28.7 Å². The van der Waals surface area contributed by atoms with Gasteiger partial charge in [0.1, 0.15) is 18.5 Å². The van der Waals surface area contributed by atoms with E-state index in [2.05, 4.69) is 19.6 Å². The molecule has 2 unspecified atom stereocenters. The average molecular weight is 775 g/mol. The summed E-state index contributed by atoms with van der Waals surface area (Å²) >= 11 is 0. The van der Waals surface area contributed by atoms with E-state index in [0.717, 1.165) is 38.5 Å². The molecule has 0 saturated heterocycles. The van der Waals surface area contributed by atoms with Crippen molar-refractivity contribution in [1.29, 1.82) is 0 Å². The summed E-state index contributed by atoms with van der Waals surface area (Å²) in [6.45, 7) is 4.44. The van der Waals surface area contributed by atoms with E-state index in [1.54, 1.807) is 0 Å². The van der Waals surface area contributed by atoms with Crippen LogP contribution in [0.2, 0.25) is 0 Å². The minimum atomic E-state index is -1.12. The van der Waals surface area contributed by atoms with Crippen LogP contribution in [0.5, 0.6) is 0 Å². The van der Waals surface area contributed by atoms with Gasteiger partial charge in [0.15, 0.2) is 6.04 Å². The number of halogens is 1. The minimum Gasteiger partial charge on any atom is -1.00 e. The van der Waals surface area contributed by atoms with Gasteiger partial charge in [0.05, 0.1) is 6.42 Å². The van der Waals surface area contributed by atoms with Crippen LogP contribution in [0.4, 0.5) is 0 Å². The first kappa shape index (κ1) is 53.4. The number of aliphatic carboxylic acids is 1. The van der Waals surface area contributed by atoms with Gasteiger partial charge in [-0.05, 0) is 19.3 Å². The van der Waals surface area contributed by atoms with Crippen LogP contribution in [0, 0.1) is 0 Å². The molecule has 0 aliphatic heterocycles. The summed E-state index contributed by atoms with van der Waals surface area (Å²) in [7, 11) is 0. The number of hydrogen-bond donors (Lipinski definition) is 2. The molecule has 0 saturated carbocycles. The zero-order chi connectivity index (χ0) is 38.3. The van der Waals surface area contributed by atoms with Crippen LogP contribution in [0.25, 0.3) is 0 Å². The number of Topliss-reactive ketones (excluding diaryl/α,β-unsaturated/α-hetero) is 1. The second kappa shape index (κ2) is 41.5. The molecule has 0 radical (unpaired) electrons. The van der Waals surface area contributed by atoms with E-state index in [1.165, 1.54) is 154 Å². The molecule has 0 aromatic heterocycles. The van der Waals surface area contributed by atoms with Gasteiger partial charge < -0.3 is 32.7 Å². The fourth-order valence-corrected chi connectivity index (χ4v) is 6.75. The Bertz CT molecular complexity index is 856. The number of ether oxygens (including phenoxy) is 2. The van der Waals surface area contributed by atoms with Crippen molar-refractivity contribution in [2.45, 2.75) is 251 Å². The van der Waals surface area contributed by atoms with E-state index >= 15 is 0 Å². The van der Waals surface area contributed by atoms with Crippen LogP contribution in [0.1, 0.15) is 239 Å². The number of esters is 2. The van der Waals surface area contributed by atoms with Crippen LogP contribution < -0.4 is 18.1 Å². The Hall–Kier alpha value is -1.67. The molecule has 0 spiro atoms. The van der Waals surface area contributed by atoms with Crippen molar-refractivity contribution >= 4 is 23.7 Å². The summed E-state index contributed by atoms with van der Waals surface area (Å²) < 4.78 is 11.1. The van der Waals surface area contributed by atoms with Gasteiger partial charge in [-0.1, -0.05) is 194 Å². The Balaban J connectivity index is 0. The first-order chi connectivity index (χ1) is 25.3. The Morgan fingerprint density at radius 1 is 0.491 bits per heavy atom. The van der Waals surface area contributed by atoms with Crippen LogP contribution in [0.15, 0.2) is 0 Å². The molecular formula is C44H84ClNO7. The van der Waals surface area contributed by atoms with Crippen LogP contribution in [-0.4, -0.2) is 47.6 Å². The van der Waals surface area contributed by atoms with Gasteiger partial charge in [0.2, 0.25) is 0 Å². The highest BCUT2D eigenvalue weighted by Crippen LogP contribution is 2.16. The summed E-state index contributed by atoms with van der Waals surface area (Å²) in [6.07, 6.45) is 37.7. The molecule has 2 atom stereocenters. The van der Waals surface area contributed by atoms with Gasteiger partial charge in [-0.3, -0.25) is 14.4 Å². The normalized spacial score (nSPS) is 12.2. The predicted molar refractivity (Wildman–Crippen MR) is 213 cm³/mol. The molecule has 0 rings (SSSR count). The van der Waals surface area contributed by atoms with Gasteiger partial charge in [-0.15, -0.1) is 0 Å². The summed E-state index contributed by atoms with van der Waals surface area (Å²) in [4.78, 5) is 48.5. The van der Waals surface area contributed by atoms with Gasteiger partial charge in [0, 0.05) is 19.3 Å². The third kappa shape index (κ3) is 39.8. The zero-order valence-corrected chi connectivity index (χ0v) is 35.3. The maximum Gasteiger partial charge on any atom is 0.362 e. The first-order valence-corrected chi connectivity index (χ1v) is 22.2. The molecule has 0 aliphatic carbocycles. The Labute approximate surface area is 332 Å². The molecular weight excluding hydrogens is 690 g/mol. The number of carboxylic acid groups (broad SMARTS) is 1. The fourth-order valence-electron chi connectivity index (χ4n) is 6.75. The van der Waals surface area contributed by atoms with Gasteiger partial charge in [-0.2, -0.15) is 0 Å². The van der Waals surface area contributed by atoms with E-state index in [4.69, 9.17) is 14.6 Å². The number of carbonyl (C=O) groups is 4. The van der Waals surface area contributed by atoms with E-state index in [9.17, 15) is 19.2 Å². The highest BCUT2D eigenvalue weighted by molar-refractivity contribution is 5.84. The predicted octanol–water partition coefficient (Wildman–Crippen LogP) is 8.40. The smallest absolute Gasteiger partial charge is 0.362 e. The standard InChI is InChI=1S/C44H83NO7.ClH/c1-3-5-7-9-11-13-15-17-19-21-23-25-27-29-31-33-42(47)51-38-40(36-35-39(46)37-41(45)44(49)50)52-43(48)34-32-30-28-26-24-22-20-18-16-14-12-10-8-6-4-2;/h40-41H,3-38,45H2,1-2H3,(H,49,50);1H. The summed E-state index contributed by atoms with van der Waals surface area (Å²) in [5.41, 5.74) is 3.51. The van der Waals surface area contributed by atoms with E-state index in [-0.39, 0.29) is 56.0 Å². The van der Waals surface area contributed by atoms with Gasteiger partial charge in [-0.25, -0.2) is 4.79 Å². The van der Waals surface area contributed by atoms with Crippen molar-refractivity contribution in [1.82, 2.24) is 0 Å². The highest BCUT2D eigenvalue weighted by atomic mass is 35.5. The number of unbranched alkanes of at least 4 members (excludes halogenated alkanes) is 28. The molecule has 0 aliphatic rings. The largest absolute Gasteiger partial charge is 1.00 e. The third-order valence-electron chi connectivity index (χ3n) is 10.3. The lowest BCUT2D eigenvalue weighted by atomic mass is 10.0. The zero-order valence-electron chi connectivity index (χ0n) is 34.6. The van der Waals surface area contributed by atoms with Crippen LogP contribution >= 0.6 is 0 Å². The molecule has 53 heavy (non-hydrogen) atoms. The molecule has 0 aromatic rings. The summed E-state index contributed by atoms with van der Waals surface area (Å²) in [5.74, 6) is -2.03. The van der Waals surface area contributed by atoms with Gasteiger partial charge in [0.25, 0.3) is 0 Å². The Morgan fingerprint density at radius 3 is 1.15 bits per heavy atom. The quantitative estimate of drug-likeness (QED) is 0.0471. The monoisotopic (exact) mass is 774 g/mol. The van der Waals surface area contributed by atoms with Crippen molar-refractivity contribution in [3.63, 3.8) is 0 Å². The third-order valence-corrected chi connectivity index (χ3v) is 10.3. The van der Waals surface area contributed by atoms with E-state index in [0.29, 0.717) is 12.8 Å². The molecule has 0 amide bonds. The number of carboxylic acids is 1. The highest BCUT2D eigenvalue weighted by Gasteiger charge is 2.23. The molecule has 0 aromatic carbocycles. The van der Waals surface area contributed by atoms with E-state index in [1.807, 2.05) is 0 Å². The SMILES string of the molecule is CCCCCCCCCCCCCCCCCC(=O)OCC(CCC(=O)CC([NH3+])C(=O)O)OC(=O)CCCCCCCCCCCCCCCCC.[Cl-]. The van der Waals surface area contributed by atoms with Crippen LogP contribution in [0.3, 0.4) is 0 Å². The first-order valence-electron chi connectivity index (χ1n) is 22.2. The molecule has 4 N–H and O–H groups in total. The maximum atomic E-state index is 12.6. The van der Waals surface area contributed by atoms with E-state index < -0.39 is 18.1 Å². The van der Waals surface area contributed by atoms with Gasteiger partial charge >= 0.3 is 17.9 Å². The molecule has 0 fully saturated rings. The number of hydrogen-bond acceptors (Lipinski definition) is 6. The lowest BCUT2D eigenvalue weighted by Crippen LogP contribution is -3.00. The summed E-state index contributed by atoms with van der Waals surface area (Å²) in [5, 5.41) is 9.07. The average Bonchev–Trinajstić information content (AvgIpc) is 3.12. The van der Waals surface area contributed by atoms with Crippen molar-refractivity contribution < 1.29 is 51.9 Å². The number of rotatable bonds is 41. The van der Waals surface area contributed by atoms with Crippen molar-refractivity contribution in [2.75, 3.05) is 6.61 Å². The fraction of sp³-hybridized carbons (Fsp3) is 0.909. The molecule has 0 heterocycles. The maximum absolute atomic E-state index is 12.6. The molecule has 314 valence electrons. The Kier molecular flexibility index (Phi) is 41.8. The topological polar surface area (TPSA) is 135 Å². The molecule has 9 heteroatoms. The second-order valence-corrected chi connectivity index (χ2v) is 15.5. The van der Waals surface area contributed by atoms with Crippen molar-refractivity contribution in [3.05, 3.63) is 0 Å². The summed E-state index contributed by atoms with van der Waals surface area (Å²) in [6, 6.07) is -1.01. The lowest BCUT2D eigenvalue weighted by molar-refractivity contribution is -0.406. The number of carbonyl (C=O) groups excluding carboxylic acids is 3. The number of quaternary nitrogens is 1.